The van der Waals surface area contributed by atoms with Gasteiger partial charge in [-0.25, -0.2) is 0 Å². The Morgan fingerprint density at radius 3 is 1.84 bits per heavy atom. The van der Waals surface area contributed by atoms with E-state index in [2.05, 4.69) is 42.5 Å². The fraction of sp³-hybridized carbons (Fsp3) is 0. The molecule has 0 aliphatic rings. The first-order valence-corrected chi connectivity index (χ1v) is 9.15. The first-order chi connectivity index (χ1) is 12.2. The van der Waals surface area contributed by atoms with Gasteiger partial charge in [0.25, 0.3) is 0 Å². The molecule has 5 rings (SSSR count). The quantitative estimate of drug-likeness (QED) is 0.228. The highest BCUT2D eigenvalue weighted by Crippen LogP contribution is 2.33. The predicted octanol–water partition coefficient (Wildman–Crippen LogP) is 5.54. The minimum Gasteiger partial charge on any atom is -0.768 e. The molecule has 1 unspecified atom stereocenters. The topological polar surface area (TPSA) is 40.1 Å². The van der Waals surface area contributed by atoms with E-state index < -0.39 is 11.1 Å². The van der Waals surface area contributed by atoms with E-state index in [0.717, 1.165) is 32.3 Å². The van der Waals surface area contributed by atoms with Gasteiger partial charge in [-0.05, 0) is 84.5 Å². The van der Waals surface area contributed by atoms with E-state index in [1.807, 2.05) is 24.3 Å². The molecule has 0 aliphatic heterocycles. The van der Waals surface area contributed by atoms with Crippen molar-refractivity contribution in [1.29, 1.82) is 0 Å². The van der Waals surface area contributed by atoms with E-state index in [4.69, 9.17) is 0 Å². The fourth-order valence-electron chi connectivity index (χ4n) is 3.64. The molecule has 3 heteroatoms. The molecule has 0 fully saturated rings. The van der Waals surface area contributed by atoms with Gasteiger partial charge in [0.2, 0.25) is 0 Å². The van der Waals surface area contributed by atoms with Gasteiger partial charge in [-0.1, -0.05) is 48.5 Å². The molecule has 0 saturated heterocycles. The third-order valence-electron chi connectivity index (χ3n) is 4.84. The van der Waals surface area contributed by atoms with Gasteiger partial charge in [-0.15, -0.1) is 0 Å². The van der Waals surface area contributed by atoms with Gasteiger partial charge in [0, 0.05) is 4.90 Å². The number of rotatable bonds is 1. The third-order valence-corrected chi connectivity index (χ3v) is 5.56. The molecule has 0 aliphatic carbocycles. The lowest BCUT2D eigenvalue weighted by Crippen LogP contribution is -1.90. The second kappa shape index (κ2) is 5.38. The lowest BCUT2D eigenvalue weighted by Gasteiger charge is -2.12. The molecule has 0 saturated carbocycles. The van der Waals surface area contributed by atoms with E-state index in [-0.39, 0.29) is 0 Å². The van der Waals surface area contributed by atoms with Crippen LogP contribution in [-0.4, -0.2) is 8.76 Å². The van der Waals surface area contributed by atoms with Crippen molar-refractivity contribution < 1.29 is 8.76 Å². The number of fused-ring (bicyclic) bond motifs is 5. The van der Waals surface area contributed by atoms with Crippen molar-refractivity contribution in [2.24, 2.45) is 0 Å². The highest BCUT2D eigenvalue weighted by atomic mass is 32.2. The van der Waals surface area contributed by atoms with E-state index in [9.17, 15) is 8.76 Å². The van der Waals surface area contributed by atoms with Crippen LogP contribution in [0.5, 0.6) is 0 Å². The summed E-state index contributed by atoms with van der Waals surface area (Å²) in [4.78, 5) is 0.345. The maximum atomic E-state index is 11.6. The summed E-state index contributed by atoms with van der Waals surface area (Å²) in [5.74, 6) is 0. The minimum atomic E-state index is -2.25. The zero-order valence-electron chi connectivity index (χ0n) is 13.2. The number of hydrogen-bond acceptors (Lipinski definition) is 2. The van der Waals surface area contributed by atoms with Gasteiger partial charge in [-0.2, -0.15) is 0 Å². The summed E-state index contributed by atoms with van der Waals surface area (Å²) in [5.41, 5.74) is 0. The minimum absolute atomic E-state index is 0.345. The molecule has 0 bridgehead atoms. The van der Waals surface area contributed by atoms with Gasteiger partial charge >= 0.3 is 0 Å². The molecule has 1 atom stereocenters. The molecule has 0 spiro atoms. The Morgan fingerprint density at radius 1 is 0.560 bits per heavy atom. The van der Waals surface area contributed by atoms with Crippen molar-refractivity contribution in [3.8, 4) is 0 Å². The van der Waals surface area contributed by atoms with Crippen LogP contribution >= 0.6 is 0 Å². The Kier molecular flexibility index (Phi) is 3.14. The molecule has 5 aromatic rings. The lowest BCUT2D eigenvalue weighted by atomic mass is 9.96. The Balaban J connectivity index is 1.98. The summed E-state index contributed by atoms with van der Waals surface area (Å²) in [6.45, 7) is 0. The van der Waals surface area contributed by atoms with Crippen LogP contribution in [0.3, 0.4) is 0 Å². The van der Waals surface area contributed by atoms with E-state index in [0.29, 0.717) is 4.90 Å². The van der Waals surface area contributed by atoms with Crippen molar-refractivity contribution in [3.63, 3.8) is 0 Å². The average molecular weight is 341 g/mol. The number of hydrogen-bond donors (Lipinski definition) is 0. The summed E-state index contributed by atoms with van der Waals surface area (Å²) < 4.78 is 23.2. The fourth-order valence-corrected chi connectivity index (χ4v) is 4.19. The largest absolute Gasteiger partial charge is 0.768 e. The van der Waals surface area contributed by atoms with Crippen LogP contribution in [0.25, 0.3) is 43.1 Å². The molecule has 0 amide bonds. The molecule has 0 heterocycles. The van der Waals surface area contributed by atoms with Crippen LogP contribution in [-0.2, 0) is 11.1 Å². The monoisotopic (exact) mass is 341 g/mol. The highest BCUT2D eigenvalue weighted by molar-refractivity contribution is 7.79. The molecule has 120 valence electrons. The molecule has 0 radical (unpaired) electrons. The Morgan fingerprint density at radius 2 is 1.12 bits per heavy atom. The summed E-state index contributed by atoms with van der Waals surface area (Å²) in [6, 6.07) is 26.4. The van der Waals surface area contributed by atoms with Crippen LogP contribution in [0, 0.1) is 0 Å². The maximum Gasteiger partial charge on any atom is 0.0327 e. The standard InChI is InChI=1S/C22H14O2S/c23-25(24)22-7-3-6-16-11-18-9-8-17-10-14-4-1-2-5-15(14)12-19(17)20(18)13-21(16)22/h1-13H,(H,23,24)/p-1. The average Bonchev–Trinajstić information content (AvgIpc) is 2.64. The van der Waals surface area contributed by atoms with Crippen LogP contribution in [0.2, 0.25) is 0 Å². The van der Waals surface area contributed by atoms with Gasteiger partial charge in [-0.3, -0.25) is 4.21 Å². The predicted molar refractivity (Wildman–Crippen MR) is 104 cm³/mol. The van der Waals surface area contributed by atoms with Gasteiger partial charge in [0.1, 0.15) is 0 Å². The van der Waals surface area contributed by atoms with Crippen molar-refractivity contribution in [2.75, 3.05) is 0 Å². The normalized spacial score (nSPS) is 13.0. The van der Waals surface area contributed by atoms with Crippen molar-refractivity contribution in [2.45, 2.75) is 4.90 Å². The second-order valence-corrected chi connectivity index (χ2v) is 7.18. The Bertz CT molecular complexity index is 1320. The van der Waals surface area contributed by atoms with Gasteiger partial charge in [0.15, 0.2) is 0 Å². The molecular weight excluding hydrogens is 328 g/mol. The number of benzene rings is 5. The van der Waals surface area contributed by atoms with Crippen LogP contribution in [0.1, 0.15) is 0 Å². The summed E-state index contributed by atoms with van der Waals surface area (Å²) in [6.07, 6.45) is 0. The maximum absolute atomic E-state index is 11.6. The third kappa shape index (κ3) is 2.24. The van der Waals surface area contributed by atoms with Crippen LogP contribution < -0.4 is 0 Å². The zero-order chi connectivity index (χ0) is 17.0. The summed E-state index contributed by atoms with van der Waals surface area (Å²) >= 11 is -2.25. The van der Waals surface area contributed by atoms with E-state index in [1.54, 1.807) is 12.1 Å². The Hall–Kier alpha value is -2.75. The molecular formula is C22H13O2S-. The SMILES string of the molecule is O=S([O-])c1cccc2cc3ccc4cc5ccccc5cc4c3cc12. The van der Waals surface area contributed by atoms with Crippen molar-refractivity contribution in [3.05, 3.63) is 78.9 Å². The second-order valence-electron chi connectivity index (χ2n) is 6.27. The lowest BCUT2D eigenvalue weighted by molar-refractivity contribution is 0.538. The van der Waals surface area contributed by atoms with E-state index >= 15 is 0 Å². The van der Waals surface area contributed by atoms with Crippen molar-refractivity contribution in [1.82, 2.24) is 0 Å². The molecule has 0 aromatic heterocycles. The molecule has 25 heavy (non-hydrogen) atoms. The summed E-state index contributed by atoms with van der Waals surface area (Å²) in [7, 11) is 0. The van der Waals surface area contributed by atoms with E-state index in [1.165, 1.54) is 10.8 Å². The molecule has 0 N–H and O–H groups in total. The summed E-state index contributed by atoms with van der Waals surface area (Å²) in [5, 5.41) is 8.59. The van der Waals surface area contributed by atoms with Gasteiger partial charge in [0.05, 0.1) is 0 Å². The van der Waals surface area contributed by atoms with Crippen LogP contribution in [0.4, 0.5) is 0 Å². The van der Waals surface area contributed by atoms with Gasteiger partial charge < -0.3 is 4.55 Å². The first-order valence-electron chi connectivity index (χ1n) is 8.08. The molecule has 5 aromatic carbocycles. The zero-order valence-corrected chi connectivity index (χ0v) is 14.0. The molecule has 2 nitrogen and oxygen atoms in total. The van der Waals surface area contributed by atoms with Crippen molar-refractivity contribution >= 4 is 54.2 Å². The smallest absolute Gasteiger partial charge is 0.0327 e. The Labute approximate surface area is 147 Å². The van der Waals surface area contributed by atoms with Crippen LogP contribution in [0.15, 0.2) is 83.8 Å². The highest BCUT2D eigenvalue weighted by Gasteiger charge is 2.07. The first kappa shape index (κ1) is 14.6.